The van der Waals surface area contributed by atoms with E-state index in [0.717, 1.165) is 0 Å². The number of benzene rings is 10. The zero-order valence-electron chi connectivity index (χ0n) is 29.1. The third-order valence-electron chi connectivity index (χ3n) is 11.4. The highest BCUT2D eigenvalue weighted by atomic mass is 32.1. The van der Waals surface area contributed by atoms with Gasteiger partial charge in [-0.2, -0.15) is 0 Å². The molecule has 0 aliphatic rings. The molecule has 0 aliphatic carbocycles. The van der Waals surface area contributed by atoms with Crippen LogP contribution in [0.5, 0.6) is 0 Å². The summed E-state index contributed by atoms with van der Waals surface area (Å²) in [5, 5.41) is 15.8. The monoisotopic (exact) mass is 718 g/mol. The van der Waals surface area contributed by atoms with Crippen molar-refractivity contribution in [3.63, 3.8) is 0 Å². The van der Waals surface area contributed by atoms with Crippen molar-refractivity contribution < 1.29 is 0 Å². The quantitative estimate of drug-likeness (QED) is 0.160. The molecule has 0 bridgehead atoms. The summed E-state index contributed by atoms with van der Waals surface area (Å²) in [5.74, 6) is 0. The first kappa shape index (κ1) is 30.2. The Kier molecular flexibility index (Phi) is 6.48. The van der Waals surface area contributed by atoms with E-state index >= 15 is 0 Å². The Balaban J connectivity index is 0.988. The Morgan fingerprint density at radius 3 is 1.48 bits per heavy atom. The Labute approximate surface area is 319 Å². The molecule has 12 aromatic rings. The average Bonchev–Trinajstić information content (AvgIpc) is 3.81. The lowest BCUT2D eigenvalue weighted by Crippen LogP contribution is -1.91. The largest absolute Gasteiger partial charge is 0.135 e. The Morgan fingerprint density at radius 2 is 0.759 bits per heavy atom. The first-order valence-electron chi connectivity index (χ1n) is 18.5. The molecular weight excluding hydrogens is 689 g/mol. The molecule has 2 heteroatoms. The number of hydrogen-bond acceptors (Lipinski definition) is 2. The predicted molar refractivity (Wildman–Crippen MR) is 239 cm³/mol. The van der Waals surface area contributed by atoms with Gasteiger partial charge in [0.15, 0.2) is 0 Å². The van der Waals surface area contributed by atoms with Crippen LogP contribution in [0, 0.1) is 0 Å². The van der Waals surface area contributed by atoms with E-state index in [2.05, 4.69) is 182 Å². The van der Waals surface area contributed by atoms with Crippen LogP contribution in [0.2, 0.25) is 0 Å². The lowest BCUT2D eigenvalue weighted by atomic mass is 9.85. The second-order valence-corrected chi connectivity index (χ2v) is 16.5. The van der Waals surface area contributed by atoms with Crippen molar-refractivity contribution in [2.45, 2.75) is 0 Å². The molecule has 2 aromatic heterocycles. The van der Waals surface area contributed by atoms with Crippen molar-refractivity contribution in [3.05, 3.63) is 182 Å². The van der Waals surface area contributed by atoms with Crippen molar-refractivity contribution in [1.29, 1.82) is 0 Å². The van der Waals surface area contributed by atoms with Crippen molar-refractivity contribution in [1.82, 2.24) is 0 Å². The van der Waals surface area contributed by atoms with Crippen LogP contribution in [0.1, 0.15) is 0 Å². The van der Waals surface area contributed by atoms with E-state index < -0.39 is 0 Å². The average molecular weight is 719 g/mol. The van der Waals surface area contributed by atoms with Gasteiger partial charge in [0, 0.05) is 40.3 Å². The number of fused-ring (bicyclic) bond motifs is 12. The fraction of sp³-hybridized carbons (Fsp3) is 0. The summed E-state index contributed by atoms with van der Waals surface area (Å²) in [6, 6.07) is 67.7. The number of rotatable bonds is 3. The minimum absolute atomic E-state index is 1.23. The SMILES string of the molecule is c1ccc2cc(-c3c4ccccc4c(-c4ccc(-c5ccc6c(c5)sc5ccc7sc8c9ccccc9ccc8c7c56)cc4)c4ccccc34)ccc2c1. The van der Waals surface area contributed by atoms with Crippen LogP contribution in [-0.2, 0) is 0 Å². The zero-order valence-corrected chi connectivity index (χ0v) is 30.8. The van der Waals surface area contributed by atoms with Gasteiger partial charge in [-0.15, -0.1) is 22.7 Å². The van der Waals surface area contributed by atoms with Gasteiger partial charge in [-0.05, 0) is 101 Å². The molecule has 0 atom stereocenters. The molecule has 0 saturated carbocycles. The van der Waals surface area contributed by atoms with E-state index in [9.17, 15) is 0 Å². The fourth-order valence-electron chi connectivity index (χ4n) is 8.97. The van der Waals surface area contributed by atoms with Crippen LogP contribution in [0.25, 0.3) is 117 Å². The number of hydrogen-bond donors (Lipinski definition) is 0. The van der Waals surface area contributed by atoms with Gasteiger partial charge in [0.1, 0.15) is 0 Å². The number of thiophene rings is 2. The summed E-state index contributed by atoms with van der Waals surface area (Å²) >= 11 is 3.83. The maximum absolute atomic E-state index is 2.40. The van der Waals surface area contributed by atoms with Crippen molar-refractivity contribution in [3.8, 4) is 33.4 Å². The standard InChI is InChI=1S/C52H30S2/c1-2-11-35-29-37(22-19-31(35)9-1)49-41-15-7-5-13-39(41)48(40-14-6-8-16-42(40)49)34-20-17-32(18-21-34)36-24-25-43-47(30-36)53-45-27-28-46-51(50(43)45)44-26-23-33-10-3-4-12-38(33)52(44)54-46/h1-30H. The Bertz CT molecular complexity index is 3430. The maximum Gasteiger partial charge on any atom is 0.0434 e. The predicted octanol–water partition coefficient (Wildman–Crippen LogP) is 16.0. The summed E-state index contributed by atoms with van der Waals surface area (Å²) in [7, 11) is 0. The van der Waals surface area contributed by atoms with Crippen LogP contribution >= 0.6 is 22.7 Å². The molecule has 0 amide bonds. The van der Waals surface area contributed by atoms with Crippen LogP contribution < -0.4 is 0 Å². The molecule has 0 nitrogen and oxygen atoms in total. The highest BCUT2D eigenvalue weighted by Crippen LogP contribution is 2.48. The first-order valence-corrected chi connectivity index (χ1v) is 20.1. The van der Waals surface area contributed by atoms with Gasteiger partial charge in [0.05, 0.1) is 0 Å². The molecule has 0 radical (unpaired) electrons. The zero-order chi connectivity index (χ0) is 35.3. The second kappa shape index (κ2) is 11.6. The Hall–Kier alpha value is -6.32. The van der Waals surface area contributed by atoms with E-state index in [1.807, 2.05) is 22.7 Å². The van der Waals surface area contributed by atoms with Crippen molar-refractivity contribution in [2.75, 3.05) is 0 Å². The molecule has 250 valence electrons. The topological polar surface area (TPSA) is 0 Å². The highest BCUT2D eigenvalue weighted by Gasteiger charge is 2.18. The van der Waals surface area contributed by atoms with E-state index in [-0.39, 0.29) is 0 Å². The third kappa shape index (κ3) is 4.42. The van der Waals surface area contributed by atoms with Gasteiger partial charge in [0.2, 0.25) is 0 Å². The first-order chi connectivity index (χ1) is 26.8. The molecule has 0 saturated heterocycles. The molecule has 0 aliphatic heterocycles. The molecular formula is C52H30S2. The normalized spacial score (nSPS) is 12.1. The van der Waals surface area contributed by atoms with Gasteiger partial charge in [-0.1, -0.05) is 158 Å². The lowest BCUT2D eigenvalue weighted by Gasteiger charge is -2.18. The third-order valence-corrected chi connectivity index (χ3v) is 13.8. The van der Waals surface area contributed by atoms with Crippen molar-refractivity contribution in [2.24, 2.45) is 0 Å². The van der Waals surface area contributed by atoms with Crippen LogP contribution in [-0.4, -0.2) is 0 Å². The molecule has 2 heterocycles. The fourth-order valence-corrected chi connectivity index (χ4v) is 11.4. The highest BCUT2D eigenvalue weighted by molar-refractivity contribution is 7.28. The summed E-state index contributed by atoms with van der Waals surface area (Å²) in [4.78, 5) is 0. The van der Waals surface area contributed by atoms with Crippen LogP contribution in [0.15, 0.2) is 182 Å². The van der Waals surface area contributed by atoms with Gasteiger partial charge in [0.25, 0.3) is 0 Å². The van der Waals surface area contributed by atoms with E-state index in [4.69, 9.17) is 0 Å². The summed E-state index contributed by atoms with van der Waals surface area (Å²) in [6.07, 6.45) is 0. The Morgan fingerprint density at radius 1 is 0.259 bits per heavy atom. The minimum atomic E-state index is 1.23. The second-order valence-electron chi connectivity index (χ2n) is 14.4. The molecule has 0 N–H and O–H groups in total. The smallest absolute Gasteiger partial charge is 0.0434 e. The molecule has 0 unspecified atom stereocenters. The van der Waals surface area contributed by atoms with E-state index in [0.29, 0.717) is 0 Å². The summed E-state index contributed by atoms with van der Waals surface area (Å²) in [5.41, 5.74) is 7.55. The molecule has 54 heavy (non-hydrogen) atoms. The van der Waals surface area contributed by atoms with Crippen molar-refractivity contribution >= 4 is 106 Å². The van der Waals surface area contributed by atoms with Crippen LogP contribution in [0.4, 0.5) is 0 Å². The van der Waals surface area contributed by atoms with Gasteiger partial charge in [-0.3, -0.25) is 0 Å². The van der Waals surface area contributed by atoms with Crippen LogP contribution in [0.3, 0.4) is 0 Å². The van der Waals surface area contributed by atoms with E-state index in [1.165, 1.54) is 117 Å². The van der Waals surface area contributed by atoms with E-state index in [1.54, 1.807) is 0 Å². The summed E-state index contributed by atoms with van der Waals surface area (Å²) < 4.78 is 5.43. The lowest BCUT2D eigenvalue weighted by molar-refractivity contribution is 1.63. The van der Waals surface area contributed by atoms with Gasteiger partial charge in [-0.25, -0.2) is 0 Å². The molecule has 12 rings (SSSR count). The molecule has 10 aromatic carbocycles. The molecule has 0 spiro atoms. The van der Waals surface area contributed by atoms with Gasteiger partial charge >= 0.3 is 0 Å². The summed E-state index contributed by atoms with van der Waals surface area (Å²) in [6.45, 7) is 0. The maximum atomic E-state index is 2.40. The van der Waals surface area contributed by atoms with Gasteiger partial charge < -0.3 is 0 Å². The molecule has 0 fully saturated rings. The minimum Gasteiger partial charge on any atom is -0.135 e.